The van der Waals surface area contributed by atoms with Gasteiger partial charge in [0, 0.05) is 11.3 Å². The molecule has 0 aliphatic rings. The van der Waals surface area contributed by atoms with Crippen LogP contribution >= 0.6 is 0 Å². The number of carbonyl (C=O) groups excluding carboxylic acids is 1. The maximum atomic E-state index is 14.0. The number of aryl methyl sites for hydroxylation is 1. The maximum Gasteiger partial charge on any atom is 0.227 e. The summed E-state index contributed by atoms with van der Waals surface area (Å²) < 4.78 is 14.0. The van der Waals surface area contributed by atoms with Gasteiger partial charge in [-0.2, -0.15) is 0 Å². The Morgan fingerprint density at radius 3 is 2.50 bits per heavy atom. The van der Waals surface area contributed by atoms with E-state index in [2.05, 4.69) is 43.2 Å². The molecule has 146 valence electrons. The van der Waals surface area contributed by atoms with Gasteiger partial charge in [-0.15, -0.1) is 0 Å². The number of nitrogens with one attached hydrogen (secondary N) is 1. The molecule has 0 spiro atoms. The van der Waals surface area contributed by atoms with Crippen LogP contribution in [0.3, 0.4) is 0 Å². The number of halogens is 1. The van der Waals surface area contributed by atoms with Crippen LogP contribution in [0.5, 0.6) is 0 Å². The van der Waals surface area contributed by atoms with Crippen molar-refractivity contribution in [2.24, 2.45) is 11.3 Å². The van der Waals surface area contributed by atoms with Crippen molar-refractivity contribution >= 4 is 22.5 Å². The highest BCUT2D eigenvalue weighted by atomic mass is 19.1. The Morgan fingerprint density at radius 2 is 1.82 bits per heavy atom. The zero-order chi connectivity index (χ0) is 20.3. The molecule has 1 amide bonds. The lowest BCUT2D eigenvalue weighted by atomic mass is 9.81. The van der Waals surface area contributed by atoms with Crippen LogP contribution < -0.4 is 5.32 Å². The molecule has 0 aliphatic heterocycles. The predicted molar refractivity (Wildman–Crippen MR) is 113 cm³/mol. The molecule has 0 bridgehead atoms. The van der Waals surface area contributed by atoms with E-state index in [-0.39, 0.29) is 23.1 Å². The van der Waals surface area contributed by atoms with Crippen molar-refractivity contribution in [2.45, 2.75) is 40.5 Å². The van der Waals surface area contributed by atoms with Gasteiger partial charge in [0.15, 0.2) is 0 Å². The van der Waals surface area contributed by atoms with E-state index in [0.29, 0.717) is 28.7 Å². The zero-order valence-electron chi connectivity index (χ0n) is 16.9. The minimum absolute atomic E-state index is 0.0244. The molecule has 1 unspecified atom stereocenters. The molecule has 0 aliphatic carbocycles. The van der Waals surface area contributed by atoms with Crippen molar-refractivity contribution in [2.75, 3.05) is 5.32 Å². The summed E-state index contributed by atoms with van der Waals surface area (Å²) in [6.07, 6.45) is 1.45. The van der Waals surface area contributed by atoms with Crippen molar-refractivity contribution in [3.63, 3.8) is 0 Å². The summed E-state index contributed by atoms with van der Waals surface area (Å²) in [6, 6.07) is 16.7. The van der Waals surface area contributed by atoms with Crippen LogP contribution in [0.25, 0.3) is 10.9 Å². The molecule has 1 N–H and O–H groups in total. The number of hydrogen-bond donors (Lipinski definition) is 1. The topological polar surface area (TPSA) is 42.0 Å². The fourth-order valence-electron chi connectivity index (χ4n) is 3.51. The van der Waals surface area contributed by atoms with Crippen molar-refractivity contribution in [3.05, 3.63) is 71.7 Å². The first kappa shape index (κ1) is 20.0. The van der Waals surface area contributed by atoms with Gasteiger partial charge in [-0.05, 0) is 42.9 Å². The monoisotopic (exact) mass is 378 g/mol. The standard InChI is InChI=1S/C24H27FN2O/c1-16-21(14-18-11-8-12-20(25)22(18)26-16)27-23(28)19(15-24(2,3)4)13-17-9-6-5-7-10-17/h5-12,14,19H,13,15H2,1-4H3,(H,27,28). The van der Waals surface area contributed by atoms with Crippen LogP contribution in [0.15, 0.2) is 54.6 Å². The number of pyridine rings is 1. The SMILES string of the molecule is Cc1nc2c(F)cccc2cc1NC(=O)C(Cc1ccccc1)CC(C)(C)C. The predicted octanol–water partition coefficient (Wildman–Crippen LogP) is 5.92. The van der Waals surface area contributed by atoms with Gasteiger partial charge in [0.25, 0.3) is 0 Å². The summed E-state index contributed by atoms with van der Waals surface area (Å²) in [5.41, 5.74) is 2.74. The Labute approximate surface area is 166 Å². The van der Waals surface area contributed by atoms with Gasteiger partial charge < -0.3 is 5.32 Å². The van der Waals surface area contributed by atoms with E-state index in [1.807, 2.05) is 18.2 Å². The molecule has 2 aromatic carbocycles. The molecule has 3 rings (SSSR count). The number of amides is 1. The number of nitrogens with zero attached hydrogens (tertiary/aromatic N) is 1. The van der Waals surface area contributed by atoms with Crippen LogP contribution in [-0.4, -0.2) is 10.9 Å². The first-order valence-electron chi connectivity index (χ1n) is 9.63. The van der Waals surface area contributed by atoms with E-state index < -0.39 is 0 Å². The smallest absolute Gasteiger partial charge is 0.227 e. The minimum atomic E-state index is -0.354. The van der Waals surface area contributed by atoms with Gasteiger partial charge in [0.1, 0.15) is 11.3 Å². The lowest BCUT2D eigenvalue weighted by Gasteiger charge is -2.26. The summed E-state index contributed by atoms with van der Waals surface area (Å²) in [7, 11) is 0. The van der Waals surface area contributed by atoms with Crippen LogP contribution in [0.4, 0.5) is 10.1 Å². The Balaban J connectivity index is 1.86. The molecule has 0 radical (unpaired) electrons. The molecule has 1 aromatic heterocycles. The van der Waals surface area contributed by atoms with Gasteiger partial charge in [-0.1, -0.05) is 63.2 Å². The number of fused-ring (bicyclic) bond motifs is 1. The zero-order valence-corrected chi connectivity index (χ0v) is 16.9. The highest BCUT2D eigenvalue weighted by Gasteiger charge is 2.26. The molecule has 0 saturated carbocycles. The summed E-state index contributed by atoms with van der Waals surface area (Å²) >= 11 is 0. The molecule has 0 saturated heterocycles. The summed E-state index contributed by atoms with van der Waals surface area (Å²) in [6.45, 7) is 8.22. The van der Waals surface area contributed by atoms with Gasteiger partial charge in [-0.3, -0.25) is 4.79 Å². The molecule has 0 fully saturated rings. The van der Waals surface area contributed by atoms with E-state index in [0.717, 1.165) is 12.0 Å². The Hall–Kier alpha value is -2.75. The molecule has 1 atom stereocenters. The van der Waals surface area contributed by atoms with Gasteiger partial charge in [0.2, 0.25) is 5.91 Å². The van der Waals surface area contributed by atoms with Crippen LogP contribution in [0, 0.1) is 24.1 Å². The number of rotatable bonds is 5. The van der Waals surface area contributed by atoms with Crippen molar-refractivity contribution in [1.82, 2.24) is 4.98 Å². The van der Waals surface area contributed by atoms with Crippen molar-refractivity contribution in [3.8, 4) is 0 Å². The summed E-state index contributed by atoms with van der Waals surface area (Å²) in [5.74, 6) is -0.544. The second-order valence-electron chi connectivity index (χ2n) is 8.57. The second-order valence-corrected chi connectivity index (χ2v) is 8.57. The summed E-state index contributed by atoms with van der Waals surface area (Å²) in [5, 5.41) is 3.72. The third-order valence-corrected chi connectivity index (χ3v) is 4.80. The molecule has 1 heterocycles. The highest BCUT2D eigenvalue weighted by Crippen LogP contribution is 2.29. The summed E-state index contributed by atoms with van der Waals surface area (Å²) in [4.78, 5) is 17.5. The lowest BCUT2D eigenvalue weighted by Crippen LogP contribution is -2.29. The fourth-order valence-corrected chi connectivity index (χ4v) is 3.51. The lowest BCUT2D eigenvalue weighted by molar-refractivity contribution is -0.120. The third-order valence-electron chi connectivity index (χ3n) is 4.80. The normalized spacial score (nSPS) is 12.8. The molecule has 4 heteroatoms. The average Bonchev–Trinajstić information content (AvgIpc) is 2.62. The van der Waals surface area contributed by atoms with Crippen LogP contribution in [-0.2, 0) is 11.2 Å². The minimum Gasteiger partial charge on any atom is -0.324 e. The van der Waals surface area contributed by atoms with E-state index in [9.17, 15) is 9.18 Å². The number of aromatic nitrogens is 1. The largest absolute Gasteiger partial charge is 0.324 e. The average molecular weight is 378 g/mol. The van der Waals surface area contributed by atoms with E-state index in [4.69, 9.17) is 0 Å². The van der Waals surface area contributed by atoms with Gasteiger partial charge in [0.05, 0.1) is 11.4 Å². The molecule has 3 aromatic rings. The number of para-hydroxylation sites is 1. The first-order chi connectivity index (χ1) is 13.2. The third kappa shape index (κ3) is 4.94. The van der Waals surface area contributed by atoms with E-state index in [1.165, 1.54) is 6.07 Å². The maximum absolute atomic E-state index is 14.0. The van der Waals surface area contributed by atoms with E-state index >= 15 is 0 Å². The molecule has 3 nitrogen and oxygen atoms in total. The quantitative estimate of drug-likeness (QED) is 0.599. The Bertz CT molecular complexity index is 977. The Morgan fingerprint density at radius 1 is 1.11 bits per heavy atom. The van der Waals surface area contributed by atoms with Crippen molar-refractivity contribution in [1.29, 1.82) is 0 Å². The molecular weight excluding hydrogens is 351 g/mol. The van der Waals surface area contributed by atoms with Crippen LogP contribution in [0.2, 0.25) is 0 Å². The number of hydrogen-bond acceptors (Lipinski definition) is 2. The number of carbonyl (C=O) groups is 1. The Kier molecular flexibility index (Phi) is 5.78. The van der Waals surface area contributed by atoms with E-state index in [1.54, 1.807) is 25.1 Å². The molecule has 28 heavy (non-hydrogen) atoms. The first-order valence-corrected chi connectivity index (χ1v) is 9.63. The fraction of sp³-hybridized carbons (Fsp3) is 0.333. The number of benzene rings is 2. The second kappa shape index (κ2) is 8.09. The van der Waals surface area contributed by atoms with Crippen molar-refractivity contribution < 1.29 is 9.18 Å². The van der Waals surface area contributed by atoms with Gasteiger partial charge in [-0.25, -0.2) is 9.37 Å². The highest BCUT2D eigenvalue weighted by molar-refractivity contribution is 5.95. The number of anilines is 1. The van der Waals surface area contributed by atoms with Crippen LogP contribution in [0.1, 0.15) is 38.4 Å². The van der Waals surface area contributed by atoms with Gasteiger partial charge >= 0.3 is 0 Å². The molecular formula is C24H27FN2O.